The summed E-state index contributed by atoms with van der Waals surface area (Å²) in [5, 5.41) is 8.70. The summed E-state index contributed by atoms with van der Waals surface area (Å²) < 4.78 is 2.90. The number of thioether (sulfide) groups is 1. The fourth-order valence-electron chi connectivity index (χ4n) is 3.84. The van der Waals surface area contributed by atoms with E-state index in [1.807, 2.05) is 25.1 Å². The van der Waals surface area contributed by atoms with E-state index in [9.17, 15) is 4.79 Å². The van der Waals surface area contributed by atoms with Crippen LogP contribution in [0.3, 0.4) is 0 Å². The molecule has 1 atom stereocenters. The first-order valence-electron chi connectivity index (χ1n) is 9.45. The van der Waals surface area contributed by atoms with Gasteiger partial charge in [-0.1, -0.05) is 47.2 Å². The standard InChI is InChI=1S/C22H20N4OS2/c1-12-8-9-15(13(2)10-12)20-19-14(3)25-26(21(19)24-18(27)11-28-20)22-23-16-6-4-5-7-17(16)29-22/h4-10,20H,11H2,1-3H3,(H,24,27)/t20-/m1/s1. The second-order valence-electron chi connectivity index (χ2n) is 7.32. The summed E-state index contributed by atoms with van der Waals surface area (Å²) in [6.07, 6.45) is 0. The normalized spacial score (nSPS) is 16.5. The number of hydrogen-bond donors (Lipinski definition) is 1. The smallest absolute Gasteiger partial charge is 0.235 e. The number of aryl methyl sites for hydroxylation is 3. The number of hydrogen-bond acceptors (Lipinski definition) is 5. The second kappa shape index (κ2) is 7.00. The van der Waals surface area contributed by atoms with Gasteiger partial charge in [-0.05, 0) is 44.0 Å². The summed E-state index contributed by atoms with van der Waals surface area (Å²) in [5.74, 6) is 1.14. The predicted molar refractivity (Wildman–Crippen MR) is 120 cm³/mol. The van der Waals surface area contributed by atoms with Gasteiger partial charge in [0.2, 0.25) is 11.0 Å². The molecule has 29 heavy (non-hydrogen) atoms. The van der Waals surface area contributed by atoms with Crippen LogP contribution in [0.4, 0.5) is 5.82 Å². The van der Waals surface area contributed by atoms with Crippen LogP contribution in [0.25, 0.3) is 15.3 Å². The maximum absolute atomic E-state index is 12.5. The lowest BCUT2D eigenvalue weighted by Crippen LogP contribution is -2.15. The lowest BCUT2D eigenvalue weighted by molar-refractivity contribution is -0.113. The third kappa shape index (κ3) is 3.14. The number of thiazole rings is 1. The number of aromatic nitrogens is 3. The van der Waals surface area contributed by atoms with Gasteiger partial charge in [-0.15, -0.1) is 11.8 Å². The van der Waals surface area contributed by atoms with Crippen molar-refractivity contribution in [3.05, 3.63) is 70.4 Å². The molecule has 2 aromatic heterocycles. The third-order valence-corrected chi connectivity index (χ3v) is 7.44. The Balaban J connectivity index is 1.70. The van der Waals surface area contributed by atoms with E-state index in [4.69, 9.17) is 10.1 Å². The molecule has 3 heterocycles. The van der Waals surface area contributed by atoms with Crippen molar-refractivity contribution in [3.63, 3.8) is 0 Å². The van der Waals surface area contributed by atoms with Crippen molar-refractivity contribution in [2.24, 2.45) is 0 Å². The molecular formula is C22H20N4OS2. The molecule has 0 spiro atoms. The second-order valence-corrected chi connectivity index (χ2v) is 9.43. The van der Waals surface area contributed by atoms with E-state index in [0.29, 0.717) is 5.75 Å². The van der Waals surface area contributed by atoms with Crippen LogP contribution < -0.4 is 5.32 Å². The van der Waals surface area contributed by atoms with E-state index < -0.39 is 0 Å². The zero-order valence-corrected chi connectivity index (χ0v) is 18.0. The van der Waals surface area contributed by atoms with E-state index in [2.05, 4.69) is 43.4 Å². The molecule has 7 heteroatoms. The number of rotatable bonds is 2. The van der Waals surface area contributed by atoms with Crippen molar-refractivity contribution >= 4 is 45.0 Å². The highest BCUT2D eigenvalue weighted by atomic mass is 32.2. The van der Waals surface area contributed by atoms with Gasteiger partial charge in [0.05, 0.1) is 26.9 Å². The minimum absolute atomic E-state index is 0.00854. The first-order chi connectivity index (χ1) is 14.0. The Morgan fingerprint density at radius 3 is 2.76 bits per heavy atom. The van der Waals surface area contributed by atoms with Gasteiger partial charge in [0, 0.05) is 5.56 Å². The largest absolute Gasteiger partial charge is 0.310 e. The summed E-state index contributed by atoms with van der Waals surface area (Å²) in [6, 6.07) is 14.5. The molecule has 0 saturated heterocycles. The number of nitrogens with zero attached hydrogens (tertiary/aromatic N) is 3. The van der Waals surface area contributed by atoms with Gasteiger partial charge in [-0.2, -0.15) is 9.78 Å². The van der Waals surface area contributed by atoms with Crippen LogP contribution in [0, 0.1) is 20.8 Å². The van der Waals surface area contributed by atoms with Crippen molar-refractivity contribution in [2.45, 2.75) is 26.0 Å². The van der Waals surface area contributed by atoms with Crippen LogP contribution in [-0.2, 0) is 4.79 Å². The number of para-hydroxylation sites is 1. The lowest BCUT2D eigenvalue weighted by Gasteiger charge is -2.18. The Bertz CT molecular complexity index is 1220. The Kier molecular flexibility index (Phi) is 4.44. The zero-order chi connectivity index (χ0) is 20.1. The van der Waals surface area contributed by atoms with Crippen molar-refractivity contribution in [2.75, 3.05) is 11.1 Å². The fourth-order valence-corrected chi connectivity index (χ4v) is 6.05. The molecule has 0 aliphatic carbocycles. The Hall–Kier alpha value is -2.64. The van der Waals surface area contributed by atoms with Gasteiger partial charge in [0.25, 0.3) is 0 Å². The number of anilines is 1. The SMILES string of the molecule is Cc1ccc([C@H]2SCC(=O)Nc3c2c(C)nn3-c2nc3ccccc3s2)c(C)c1. The van der Waals surface area contributed by atoms with Gasteiger partial charge < -0.3 is 5.32 Å². The molecule has 0 saturated carbocycles. The van der Waals surface area contributed by atoms with Crippen LogP contribution >= 0.6 is 23.1 Å². The maximum atomic E-state index is 12.5. The van der Waals surface area contributed by atoms with Gasteiger partial charge in [-0.25, -0.2) is 4.98 Å². The Morgan fingerprint density at radius 1 is 1.14 bits per heavy atom. The summed E-state index contributed by atoms with van der Waals surface area (Å²) in [5.41, 5.74) is 6.61. The number of fused-ring (bicyclic) bond motifs is 2. The van der Waals surface area contributed by atoms with Gasteiger partial charge >= 0.3 is 0 Å². The highest BCUT2D eigenvalue weighted by molar-refractivity contribution is 8.00. The highest BCUT2D eigenvalue weighted by Crippen LogP contribution is 2.45. The number of benzene rings is 2. The molecule has 0 radical (unpaired) electrons. The van der Waals surface area contributed by atoms with Crippen LogP contribution in [0.5, 0.6) is 0 Å². The van der Waals surface area contributed by atoms with Crippen LogP contribution in [0.2, 0.25) is 0 Å². The van der Waals surface area contributed by atoms with Crippen molar-refractivity contribution in [1.29, 1.82) is 0 Å². The predicted octanol–water partition coefficient (Wildman–Crippen LogP) is 5.18. The topological polar surface area (TPSA) is 59.8 Å². The van der Waals surface area contributed by atoms with E-state index >= 15 is 0 Å². The molecular weight excluding hydrogens is 400 g/mol. The highest BCUT2D eigenvalue weighted by Gasteiger charge is 2.32. The van der Waals surface area contributed by atoms with E-state index in [1.165, 1.54) is 16.7 Å². The van der Waals surface area contributed by atoms with Crippen LogP contribution in [0.15, 0.2) is 42.5 Å². The van der Waals surface area contributed by atoms with Crippen LogP contribution in [-0.4, -0.2) is 26.4 Å². The molecule has 4 aromatic rings. The minimum Gasteiger partial charge on any atom is -0.310 e. The molecule has 1 aliphatic rings. The number of carbonyl (C=O) groups is 1. The molecule has 1 amide bonds. The summed E-state index contributed by atoms with van der Waals surface area (Å²) >= 11 is 3.23. The molecule has 146 valence electrons. The lowest BCUT2D eigenvalue weighted by atomic mass is 9.98. The summed E-state index contributed by atoms with van der Waals surface area (Å²) in [6.45, 7) is 6.25. The minimum atomic E-state index is -0.00854. The van der Waals surface area contributed by atoms with E-state index in [1.54, 1.807) is 27.8 Å². The molecule has 5 nitrogen and oxygen atoms in total. The van der Waals surface area contributed by atoms with Crippen molar-refractivity contribution in [3.8, 4) is 5.13 Å². The number of nitrogens with one attached hydrogen (secondary N) is 1. The van der Waals surface area contributed by atoms with Crippen LogP contribution in [0.1, 0.15) is 33.2 Å². The summed E-state index contributed by atoms with van der Waals surface area (Å²) in [7, 11) is 0. The molecule has 1 N–H and O–H groups in total. The Morgan fingerprint density at radius 2 is 1.97 bits per heavy atom. The van der Waals surface area contributed by atoms with E-state index in [-0.39, 0.29) is 11.2 Å². The molecule has 0 bridgehead atoms. The fraction of sp³-hybridized carbons (Fsp3) is 0.227. The average Bonchev–Trinajstić information content (AvgIpc) is 3.19. The molecule has 1 aliphatic heterocycles. The average molecular weight is 421 g/mol. The Labute approximate surface area is 177 Å². The van der Waals surface area contributed by atoms with Gasteiger partial charge in [-0.3, -0.25) is 4.79 Å². The third-order valence-electron chi connectivity index (χ3n) is 5.18. The number of amides is 1. The molecule has 2 aromatic carbocycles. The quantitative estimate of drug-likeness (QED) is 0.485. The van der Waals surface area contributed by atoms with Gasteiger partial charge in [0.15, 0.2) is 0 Å². The maximum Gasteiger partial charge on any atom is 0.235 e. The first kappa shape index (κ1) is 18.4. The van der Waals surface area contributed by atoms with Crippen molar-refractivity contribution < 1.29 is 4.79 Å². The van der Waals surface area contributed by atoms with E-state index in [0.717, 1.165) is 32.4 Å². The zero-order valence-electron chi connectivity index (χ0n) is 16.4. The monoisotopic (exact) mass is 420 g/mol. The molecule has 5 rings (SSSR count). The van der Waals surface area contributed by atoms with Gasteiger partial charge in [0.1, 0.15) is 5.82 Å². The molecule has 0 unspecified atom stereocenters. The molecule has 0 fully saturated rings. The summed E-state index contributed by atoms with van der Waals surface area (Å²) in [4.78, 5) is 17.3. The van der Waals surface area contributed by atoms with Crippen molar-refractivity contribution in [1.82, 2.24) is 14.8 Å². The number of carbonyl (C=O) groups excluding carboxylic acids is 1. The first-order valence-corrected chi connectivity index (χ1v) is 11.3.